The second-order valence-electron chi connectivity index (χ2n) is 8.98. The summed E-state index contributed by atoms with van der Waals surface area (Å²) in [5.74, 6) is 0.604. The smallest absolute Gasteiger partial charge is 0.407 e. The van der Waals surface area contributed by atoms with Crippen LogP contribution in [-0.2, 0) is 4.74 Å². The van der Waals surface area contributed by atoms with E-state index in [1.54, 1.807) is 6.08 Å². The van der Waals surface area contributed by atoms with Crippen LogP contribution in [0.4, 0.5) is 4.79 Å². The molecule has 0 radical (unpaired) electrons. The normalized spacial score (nSPS) is 43.4. The van der Waals surface area contributed by atoms with Crippen LogP contribution in [-0.4, -0.2) is 29.4 Å². The van der Waals surface area contributed by atoms with Crippen LogP contribution in [0.5, 0.6) is 0 Å². The van der Waals surface area contributed by atoms with Gasteiger partial charge in [-0.2, -0.15) is 0 Å². The summed E-state index contributed by atoms with van der Waals surface area (Å²) in [6, 6.07) is 0. The molecule has 2 bridgehead atoms. The van der Waals surface area contributed by atoms with Crippen molar-refractivity contribution >= 4 is 6.09 Å². The fourth-order valence-electron chi connectivity index (χ4n) is 5.64. The molecule has 0 heterocycles. The van der Waals surface area contributed by atoms with Gasteiger partial charge in [0.2, 0.25) is 0 Å². The Bertz CT molecular complexity index is 596. The Morgan fingerprint density at radius 3 is 2.64 bits per heavy atom. The number of nitrogens with one attached hydrogen (secondary N) is 1. The van der Waals surface area contributed by atoms with Crippen LogP contribution in [0, 0.1) is 22.7 Å². The molecule has 4 nitrogen and oxygen atoms in total. The number of aliphatic hydroxyl groups is 1. The van der Waals surface area contributed by atoms with Crippen LogP contribution >= 0.6 is 0 Å². The number of amides is 1. The Labute approximate surface area is 151 Å². The molecule has 0 spiro atoms. The predicted molar refractivity (Wildman–Crippen MR) is 99.1 cm³/mol. The van der Waals surface area contributed by atoms with E-state index in [2.05, 4.69) is 32.7 Å². The van der Waals surface area contributed by atoms with Crippen molar-refractivity contribution in [1.29, 1.82) is 0 Å². The van der Waals surface area contributed by atoms with Crippen molar-refractivity contribution in [3.63, 3.8) is 0 Å². The lowest BCUT2D eigenvalue weighted by molar-refractivity contribution is -0.00861. The molecule has 3 aliphatic carbocycles. The zero-order chi connectivity index (χ0) is 18.5. The highest BCUT2D eigenvalue weighted by molar-refractivity contribution is 5.68. The molecule has 0 saturated heterocycles. The van der Waals surface area contributed by atoms with Gasteiger partial charge in [0.15, 0.2) is 0 Å². The first kappa shape index (κ1) is 18.5. The van der Waals surface area contributed by atoms with Gasteiger partial charge in [0.05, 0.1) is 6.54 Å². The van der Waals surface area contributed by atoms with E-state index in [1.165, 1.54) is 6.42 Å². The molecule has 25 heavy (non-hydrogen) atoms. The number of allylic oxidation sites excluding steroid dienone is 1. The molecular weight excluding hydrogens is 314 g/mol. The van der Waals surface area contributed by atoms with E-state index in [4.69, 9.17) is 4.74 Å². The summed E-state index contributed by atoms with van der Waals surface area (Å²) >= 11 is 0. The van der Waals surface area contributed by atoms with Gasteiger partial charge in [-0.15, -0.1) is 6.58 Å². The van der Waals surface area contributed by atoms with Crippen molar-refractivity contribution in [3.8, 4) is 0 Å². The lowest BCUT2D eigenvalue weighted by Gasteiger charge is -2.38. The molecule has 4 heteroatoms. The van der Waals surface area contributed by atoms with Crippen LogP contribution in [0.1, 0.15) is 59.8 Å². The van der Waals surface area contributed by atoms with Crippen molar-refractivity contribution in [1.82, 2.24) is 5.32 Å². The number of fused-ring (bicyclic) bond motifs is 2. The van der Waals surface area contributed by atoms with Gasteiger partial charge >= 0.3 is 6.09 Å². The number of rotatable bonds is 4. The molecule has 1 amide bonds. The summed E-state index contributed by atoms with van der Waals surface area (Å²) in [4.78, 5) is 12.4. The first-order valence-corrected chi connectivity index (χ1v) is 9.64. The fourth-order valence-corrected chi connectivity index (χ4v) is 5.64. The number of carbonyl (C=O) groups excluding carboxylic acids is 1. The van der Waals surface area contributed by atoms with Crippen LogP contribution in [0.3, 0.4) is 0 Å². The van der Waals surface area contributed by atoms with Crippen molar-refractivity contribution in [2.24, 2.45) is 22.7 Å². The molecule has 3 fully saturated rings. The third kappa shape index (κ3) is 2.64. The molecule has 3 saturated carbocycles. The Kier molecular flexibility index (Phi) is 4.55. The molecule has 0 aromatic heterocycles. The molecular formula is C21H33NO3. The minimum absolute atomic E-state index is 0.0297. The largest absolute Gasteiger partial charge is 0.446 e. The summed E-state index contributed by atoms with van der Waals surface area (Å²) in [7, 11) is 0. The zero-order valence-corrected chi connectivity index (χ0v) is 16.1. The lowest BCUT2D eigenvalue weighted by Crippen LogP contribution is -2.48. The van der Waals surface area contributed by atoms with Crippen molar-refractivity contribution in [3.05, 3.63) is 24.3 Å². The first-order valence-electron chi connectivity index (χ1n) is 9.64. The number of ether oxygens (including phenoxy) is 1. The number of alkyl carbamates (subject to hydrolysis) is 1. The van der Waals surface area contributed by atoms with E-state index in [0.29, 0.717) is 5.92 Å². The number of carbonyl (C=O) groups is 1. The molecule has 3 rings (SSSR count). The highest BCUT2D eigenvalue weighted by Gasteiger charge is 2.63. The van der Waals surface area contributed by atoms with Gasteiger partial charge in [-0.1, -0.05) is 32.9 Å². The Morgan fingerprint density at radius 2 is 2.12 bits per heavy atom. The van der Waals surface area contributed by atoms with Gasteiger partial charge in [-0.25, -0.2) is 4.79 Å². The van der Waals surface area contributed by atoms with Gasteiger partial charge < -0.3 is 15.2 Å². The Morgan fingerprint density at radius 1 is 1.40 bits per heavy atom. The van der Waals surface area contributed by atoms with E-state index in [1.807, 2.05) is 13.0 Å². The van der Waals surface area contributed by atoms with E-state index >= 15 is 0 Å². The number of hydrogen-bond donors (Lipinski definition) is 2. The van der Waals surface area contributed by atoms with Gasteiger partial charge in [0.25, 0.3) is 0 Å². The standard InChI is InChI=1S/C21H33NO3/c1-6-14-8-9-15(7-2)21(14,24)13-22-18(23)25-17-12-16-10-11-20(17,5)19(16,3)4/h6-7,14,16-17,24H,1,8-13H2,2-5H3,(H,22,23). The third-order valence-electron chi connectivity index (χ3n) is 7.99. The average Bonchev–Trinajstić information content (AvgIpc) is 3.07. The topological polar surface area (TPSA) is 58.6 Å². The lowest BCUT2D eigenvalue weighted by atomic mass is 9.70. The quantitative estimate of drug-likeness (QED) is 0.749. The molecule has 5 atom stereocenters. The summed E-state index contributed by atoms with van der Waals surface area (Å²) in [5.41, 5.74) is 0.212. The van der Waals surface area contributed by atoms with Crippen molar-refractivity contribution < 1.29 is 14.6 Å². The summed E-state index contributed by atoms with van der Waals surface area (Å²) in [6.45, 7) is 12.8. The van der Waals surface area contributed by atoms with E-state index in [9.17, 15) is 9.90 Å². The maximum atomic E-state index is 12.4. The molecule has 0 aromatic rings. The zero-order valence-electron chi connectivity index (χ0n) is 16.1. The van der Waals surface area contributed by atoms with Crippen LogP contribution in [0.15, 0.2) is 24.3 Å². The van der Waals surface area contributed by atoms with Crippen molar-refractivity contribution in [2.45, 2.75) is 71.5 Å². The minimum Gasteiger partial charge on any atom is -0.446 e. The van der Waals surface area contributed by atoms with Gasteiger partial charge in [0.1, 0.15) is 11.7 Å². The summed E-state index contributed by atoms with van der Waals surface area (Å²) in [6.07, 6.45) is 8.33. The molecule has 0 aromatic carbocycles. The maximum absolute atomic E-state index is 12.4. The van der Waals surface area contributed by atoms with Gasteiger partial charge in [-0.3, -0.25) is 0 Å². The minimum atomic E-state index is -1.03. The fraction of sp³-hybridized carbons (Fsp3) is 0.762. The summed E-state index contributed by atoms with van der Waals surface area (Å²) in [5, 5.41) is 13.9. The second-order valence-corrected chi connectivity index (χ2v) is 8.98. The van der Waals surface area contributed by atoms with Crippen LogP contribution in [0.25, 0.3) is 0 Å². The van der Waals surface area contributed by atoms with Crippen molar-refractivity contribution in [2.75, 3.05) is 6.54 Å². The SMILES string of the molecule is C=CC1CCC(=CC)C1(O)CNC(=O)OC1CC2CCC1(C)C2(C)C. The average molecular weight is 347 g/mol. The van der Waals surface area contributed by atoms with E-state index in [-0.39, 0.29) is 29.4 Å². The molecule has 3 aliphatic rings. The van der Waals surface area contributed by atoms with E-state index < -0.39 is 11.7 Å². The van der Waals surface area contributed by atoms with E-state index in [0.717, 1.165) is 31.3 Å². The molecule has 5 unspecified atom stereocenters. The second kappa shape index (κ2) is 6.15. The molecule has 140 valence electrons. The third-order valence-corrected chi connectivity index (χ3v) is 7.99. The van der Waals surface area contributed by atoms with Gasteiger partial charge in [0, 0.05) is 11.3 Å². The first-order chi connectivity index (χ1) is 11.7. The monoisotopic (exact) mass is 347 g/mol. The van der Waals surface area contributed by atoms with Crippen LogP contribution in [0.2, 0.25) is 0 Å². The van der Waals surface area contributed by atoms with Crippen LogP contribution < -0.4 is 5.32 Å². The maximum Gasteiger partial charge on any atom is 0.407 e. The highest BCUT2D eigenvalue weighted by atomic mass is 16.6. The number of hydrogen-bond acceptors (Lipinski definition) is 3. The molecule has 2 N–H and O–H groups in total. The summed E-state index contributed by atoms with van der Waals surface area (Å²) < 4.78 is 5.82. The van der Waals surface area contributed by atoms with Gasteiger partial charge in [-0.05, 0) is 55.9 Å². The Balaban J connectivity index is 1.62. The predicted octanol–water partition coefficient (Wildman–Crippen LogP) is 4.20. The molecule has 0 aliphatic heterocycles. The highest BCUT2D eigenvalue weighted by Crippen LogP contribution is 2.66. The Hall–Kier alpha value is -1.29.